The van der Waals surface area contributed by atoms with Crippen molar-refractivity contribution in [1.29, 1.82) is 0 Å². The number of carbonyl (C=O) groups is 1. The molecule has 94 valence electrons. The number of hydrogen-bond acceptors (Lipinski definition) is 3. The van der Waals surface area contributed by atoms with E-state index >= 15 is 0 Å². The van der Waals surface area contributed by atoms with E-state index in [1.807, 2.05) is 6.92 Å². The first-order valence-corrected chi connectivity index (χ1v) is 5.46. The van der Waals surface area contributed by atoms with Gasteiger partial charge in [0.2, 0.25) is 0 Å². The largest absolute Gasteiger partial charge is 0.481 e. The lowest BCUT2D eigenvalue weighted by atomic mass is 10.2. The Morgan fingerprint density at radius 2 is 2.28 bits per heavy atom. The van der Waals surface area contributed by atoms with Gasteiger partial charge in [0.05, 0.1) is 24.0 Å². The van der Waals surface area contributed by atoms with E-state index in [4.69, 9.17) is 5.11 Å². The summed E-state index contributed by atoms with van der Waals surface area (Å²) in [5.74, 6) is -1.23. The van der Waals surface area contributed by atoms with E-state index in [0.717, 1.165) is 5.56 Å². The molecule has 0 aliphatic carbocycles. The molecular formula is C12H12FN3O2. The second-order valence-corrected chi connectivity index (χ2v) is 3.98. The van der Waals surface area contributed by atoms with Crippen LogP contribution in [0, 0.1) is 12.7 Å². The molecular weight excluding hydrogens is 237 g/mol. The number of rotatable bonds is 4. The molecule has 0 unspecified atom stereocenters. The minimum Gasteiger partial charge on any atom is -0.481 e. The van der Waals surface area contributed by atoms with Gasteiger partial charge in [-0.05, 0) is 24.6 Å². The molecule has 0 amide bonds. The van der Waals surface area contributed by atoms with E-state index in [9.17, 15) is 9.18 Å². The zero-order chi connectivity index (χ0) is 13.1. The highest BCUT2D eigenvalue weighted by molar-refractivity contribution is 5.66. The number of aliphatic carboxylic acids is 1. The Morgan fingerprint density at radius 1 is 1.50 bits per heavy atom. The van der Waals surface area contributed by atoms with Gasteiger partial charge in [0.1, 0.15) is 5.82 Å². The summed E-state index contributed by atoms with van der Waals surface area (Å²) in [6, 6.07) is 4.40. The summed E-state index contributed by atoms with van der Waals surface area (Å²) < 4.78 is 14.6. The van der Waals surface area contributed by atoms with Crippen LogP contribution in [0.15, 0.2) is 24.4 Å². The Bertz CT molecular complexity index is 580. The average molecular weight is 249 g/mol. The Kier molecular flexibility index (Phi) is 3.36. The number of nitrogens with zero attached hydrogens (tertiary/aromatic N) is 3. The van der Waals surface area contributed by atoms with Gasteiger partial charge in [0, 0.05) is 6.42 Å². The molecule has 1 aromatic heterocycles. The van der Waals surface area contributed by atoms with Crippen molar-refractivity contribution in [2.24, 2.45) is 0 Å². The number of hydrogen-bond donors (Lipinski definition) is 1. The highest BCUT2D eigenvalue weighted by atomic mass is 19.1. The van der Waals surface area contributed by atoms with E-state index in [1.54, 1.807) is 12.3 Å². The zero-order valence-corrected chi connectivity index (χ0v) is 9.80. The summed E-state index contributed by atoms with van der Waals surface area (Å²) >= 11 is 0. The van der Waals surface area contributed by atoms with Crippen molar-refractivity contribution in [3.8, 4) is 5.69 Å². The highest BCUT2D eigenvalue weighted by Gasteiger charge is 2.08. The van der Waals surface area contributed by atoms with Gasteiger partial charge in [-0.2, -0.15) is 0 Å². The lowest BCUT2D eigenvalue weighted by Crippen LogP contribution is -1.98. The van der Waals surface area contributed by atoms with Gasteiger partial charge < -0.3 is 5.11 Å². The normalized spacial score (nSPS) is 10.6. The number of aryl methyl sites for hydroxylation is 2. The van der Waals surface area contributed by atoms with Gasteiger partial charge in [-0.1, -0.05) is 11.3 Å². The fourth-order valence-electron chi connectivity index (χ4n) is 1.60. The summed E-state index contributed by atoms with van der Waals surface area (Å²) in [5, 5.41) is 16.3. The SMILES string of the molecule is Cc1ccc(F)cc1-n1cc(CCC(=O)O)nn1. The van der Waals surface area contributed by atoms with E-state index in [2.05, 4.69) is 10.3 Å². The summed E-state index contributed by atoms with van der Waals surface area (Å²) in [4.78, 5) is 10.4. The molecule has 0 saturated carbocycles. The predicted molar refractivity (Wildman–Crippen MR) is 62.0 cm³/mol. The number of carboxylic acid groups (broad SMARTS) is 1. The van der Waals surface area contributed by atoms with Gasteiger partial charge >= 0.3 is 5.97 Å². The number of carboxylic acids is 1. The maximum Gasteiger partial charge on any atom is 0.303 e. The molecule has 0 radical (unpaired) electrons. The van der Waals surface area contributed by atoms with Crippen LogP contribution < -0.4 is 0 Å². The van der Waals surface area contributed by atoms with Crippen LogP contribution in [0.4, 0.5) is 4.39 Å². The van der Waals surface area contributed by atoms with Gasteiger partial charge in [-0.25, -0.2) is 9.07 Å². The molecule has 1 heterocycles. The fraction of sp³-hybridized carbons (Fsp3) is 0.250. The topological polar surface area (TPSA) is 68.0 Å². The number of benzene rings is 1. The maximum atomic E-state index is 13.2. The van der Waals surface area contributed by atoms with E-state index in [-0.39, 0.29) is 12.2 Å². The molecule has 18 heavy (non-hydrogen) atoms. The van der Waals surface area contributed by atoms with Crippen molar-refractivity contribution < 1.29 is 14.3 Å². The molecule has 0 fully saturated rings. The first-order valence-electron chi connectivity index (χ1n) is 5.46. The van der Waals surface area contributed by atoms with Gasteiger partial charge in [0.15, 0.2) is 0 Å². The third-order valence-electron chi connectivity index (χ3n) is 2.55. The molecule has 2 aromatic rings. The van der Waals surface area contributed by atoms with Crippen molar-refractivity contribution in [2.45, 2.75) is 19.8 Å². The molecule has 2 rings (SSSR count). The number of halogens is 1. The molecule has 0 aliphatic heterocycles. The predicted octanol–water partition coefficient (Wildman–Crippen LogP) is 1.73. The minimum absolute atomic E-state index is 0.000820. The quantitative estimate of drug-likeness (QED) is 0.896. The lowest BCUT2D eigenvalue weighted by molar-refractivity contribution is -0.136. The van der Waals surface area contributed by atoms with E-state index in [0.29, 0.717) is 17.8 Å². The van der Waals surface area contributed by atoms with Crippen LogP contribution in [0.25, 0.3) is 5.69 Å². The average Bonchev–Trinajstić information content (AvgIpc) is 2.78. The smallest absolute Gasteiger partial charge is 0.303 e. The van der Waals surface area contributed by atoms with Crippen molar-refractivity contribution in [1.82, 2.24) is 15.0 Å². The first kappa shape index (κ1) is 12.2. The van der Waals surface area contributed by atoms with Crippen LogP contribution in [-0.4, -0.2) is 26.1 Å². The first-order chi connectivity index (χ1) is 8.56. The zero-order valence-electron chi connectivity index (χ0n) is 9.80. The molecule has 0 aliphatic rings. The summed E-state index contributed by atoms with van der Waals surface area (Å²) in [7, 11) is 0. The Morgan fingerprint density at radius 3 is 3.00 bits per heavy atom. The van der Waals surface area contributed by atoms with Gasteiger partial charge in [-0.3, -0.25) is 4.79 Å². The monoisotopic (exact) mass is 249 g/mol. The molecule has 6 heteroatoms. The minimum atomic E-state index is -0.883. The second kappa shape index (κ2) is 4.95. The molecule has 0 saturated heterocycles. The Hall–Kier alpha value is -2.24. The third kappa shape index (κ3) is 2.71. The Balaban J connectivity index is 2.23. The second-order valence-electron chi connectivity index (χ2n) is 3.98. The highest BCUT2D eigenvalue weighted by Crippen LogP contribution is 2.14. The number of aromatic nitrogens is 3. The Labute approximate surface area is 103 Å². The van der Waals surface area contributed by atoms with Crippen LogP contribution in [0.2, 0.25) is 0 Å². The van der Waals surface area contributed by atoms with Crippen molar-refractivity contribution in [3.05, 3.63) is 41.5 Å². The van der Waals surface area contributed by atoms with Crippen LogP contribution in [0.1, 0.15) is 17.7 Å². The fourth-order valence-corrected chi connectivity index (χ4v) is 1.60. The van der Waals surface area contributed by atoms with Crippen molar-refractivity contribution in [3.63, 3.8) is 0 Å². The molecule has 5 nitrogen and oxygen atoms in total. The van der Waals surface area contributed by atoms with E-state index in [1.165, 1.54) is 16.8 Å². The van der Waals surface area contributed by atoms with Gasteiger partial charge in [0.25, 0.3) is 0 Å². The van der Waals surface area contributed by atoms with Crippen molar-refractivity contribution in [2.75, 3.05) is 0 Å². The molecule has 0 atom stereocenters. The van der Waals surface area contributed by atoms with Crippen molar-refractivity contribution >= 4 is 5.97 Å². The molecule has 1 aromatic carbocycles. The van der Waals surface area contributed by atoms with Crippen LogP contribution in [-0.2, 0) is 11.2 Å². The maximum absolute atomic E-state index is 13.2. The molecule has 1 N–H and O–H groups in total. The third-order valence-corrected chi connectivity index (χ3v) is 2.55. The van der Waals surface area contributed by atoms with Crippen LogP contribution >= 0.6 is 0 Å². The summed E-state index contributed by atoms with van der Waals surface area (Å²) in [5.41, 5.74) is 2.04. The van der Waals surface area contributed by atoms with E-state index < -0.39 is 5.97 Å². The standard InChI is InChI=1S/C12H12FN3O2/c1-8-2-3-9(13)6-11(8)16-7-10(14-15-16)4-5-12(17)18/h2-3,6-7H,4-5H2,1H3,(H,17,18). The van der Waals surface area contributed by atoms with Gasteiger partial charge in [-0.15, -0.1) is 5.10 Å². The van der Waals surface area contributed by atoms with Crippen LogP contribution in [0.3, 0.4) is 0 Å². The van der Waals surface area contributed by atoms with Crippen LogP contribution in [0.5, 0.6) is 0 Å². The molecule has 0 bridgehead atoms. The summed E-state index contributed by atoms with van der Waals surface area (Å²) in [6.07, 6.45) is 1.93. The lowest BCUT2D eigenvalue weighted by Gasteiger charge is -2.04. The molecule has 0 spiro atoms. The summed E-state index contributed by atoms with van der Waals surface area (Å²) in [6.45, 7) is 1.84.